The summed E-state index contributed by atoms with van der Waals surface area (Å²) in [6, 6.07) is 3.43. The number of hydrogen-bond acceptors (Lipinski definition) is 4. The van der Waals surface area contributed by atoms with E-state index >= 15 is 0 Å². The van der Waals surface area contributed by atoms with E-state index in [0.717, 1.165) is 21.3 Å². The number of benzene rings is 1. The molecule has 0 aromatic heterocycles. The van der Waals surface area contributed by atoms with Crippen molar-refractivity contribution in [3.05, 3.63) is 27.7 Å². The normalized spacial score (nSPS) is 12.2. The molecule has 0 bridgehead atoms. The molecule has 0 radical (unpaired) electrons. The summed E-state index contributed by atoms with van der Waals surface area (Å²) >= 11 is 3.47. The van der Waals surface area contributed by atoms with Crippen LogP contribution in [0.25, 0.3) is 0 Å². The molecule has 0 unspecified atom stereocenters. The average Bonchev–Trinajstić information content (AvgIpc) is 2.34. The number of esters is 1. The van der Waals surface area contributed by atoms with E-state index in [9.17, 15) is 4.79 Å². The van der Waals surface area contributed by atoms with Crippen LogP contribution in [-0.4, -0.2) is 18.6 Å². The minimum absolute atomic E-state index is 0.247. The highest BCUT2D eigenvalue weighted by atomic mass is 79.9. The first-order valence-electron chi connectivity index (χ1n) is 5.90. The Labute approximate surface area is 116 Å². The fourth-order valence-electron chi connectivity index (χ4n) is 1.59. The first-order chi connectivity index (χ1) is 8.47. The SMILES string of the molecule is CCOC(=O)[C@H](C)NCc1c(N)ccc(Br)c1C. The number of rotatable bonds is 5. The Hall–Kier alpha value is -1.07. The average molecular weight is 315 g/mol. The molecule has 3 N–H and O–H groups in total. The van der Waals surface area contributed by atoms with E-state index in [1.807, 2.05) is 19.1 Å². The molecule has 4 nitrogen and oxygen atoms in total. The molecule has 0 saturated heterocycles. The highest BCUT2D eigenvalue weighted by molar-refractivity contribution is 9.10. The summed E-state index contributed by atoms with van der Waals surface area (Å²) in [7, 11) is 0. The second-order valence-electron chi connectivity index (χ2n) is 4.09. The second kappa shape index (κ2) is 6.75. The smallest absolute Gasteiger partial charge is 0.322 e. The largest absolute Gasteiger partial charge is 0.465 e. The van der Waals surface area contributed by atoms with Gasteiger partial charge in [0.15, 0.2) is 0 Å². The van der Waals surface area contributed by atoms with Gasteiger partial charge in [0, 0.05) is 16.7 Å². The molecule has 0 aliphatic carbocycles. The predicted molar refractivity (Wildman–Crippen MR) is 76.2 cm³/mol. The third kappa shape index (κ3) is 3.71. The lowest BCUT2D eigenvalue weighted by Gasteiger charge is -2.16. The molecule has 0 aliphatic rings. The molecular weight excluding hydrogens is 296 g/mol. The van der Waals surface area contributed by atoms with Gasteiger partial charge in [0.2, 0.25) is 0 Å². The summed E-state index contributed by atoms with van der Waals surface area (Å²) in [5.74, 6) is -0.247. The van der Waals surface area contributed by atoms with E-state index in [1.165, 1.54) is 0 Å². The Kier molecular flexibility index (Phi) is 5.62. The van der Waals surface area contributed by atoms with Crippen molar-refractivity contribution >= 4 is 27.6 Å². The lowest BCUT2D eigenvalue weighted by Crippen LogP contribution is -2.35. The predicted octanol–water partition coefficient (Wildman–Crippen LogP) is 2.38. The first kappa shape index (κ1) is 15.0. The minimum atomic E-state index is -0.345. The van der Waals surface area contributed by atoms with Gasteiger partial charge in [0.1, 0.15) is 6.04 Å². The van der Waals surface area contributed by atoms with Gasteiger partial charge in [-0.2, -0.15) is 0 Å². The van der Waals surface area contributed by atoms with Gasteiger partial charge >= 0.3 is 5.97 Å². The number of nitrogens with two attached hydrogens (primary N) is 1. The molecule has 1 rings (SSSR count). The number of nitrogen functional groups attached to an aromatic ring is 1. The van der Waals surface area contributed by atoms with Gasteiger partial charge in [-0.3, -0.25) is 4.79 Å². The van der Waals surface area contributed by atoms with Crippen molar-refractivity contribution in [3.63, 3.8) is 0 Å². The molecule has 1 atom stereocenters. The Bertz CT molecular complexity index is 435. The van der Waals surface area contributed by atoms with E-state index in [1.54, 1.807) is 13.8 Å². The summed E-state index contributed by atoms with van der Waals surface area (Å²) in [5, 5.41) is 3.12. The third-order valence-corrected chi connectivity index (χ3v) is 3.65. The van der Waals surface area contributed by atoms with E-state index in [-0.39, 0.29) is 12.0 Å². The Morgan fingerprint density at radius 3 is 2.83 bits per heavy atom. The Morgan fingerprint density at radius 2 is 2.22 bits per heavy atom. The summed E-state index contributed by atoms with van der Waals surface area (Å²) in [5.41, 5.74) is 8.74. The molecule has 0 amide bonds. The molecule has 0 fully saturated rings. The van der Waals surface area contributed by atoms with Gasteiger partial charge in [0.05, 0.1) is 6.61 Å². The van der Waals surface area contributed by atoms with Gasteiger partial charge in [0.25, 0.3) is 0 Å². The number of hydrogen-bond donors (Lipinski definition) is 2. The molecule has 18 heavy (non-hydrogen) atoms. The molecular formula is C13H19BrN2O2. The van der Waals surface area contributed by atoms with Crippen LogP contribution in [0.15, 0.2) is 16.6 Å². The van der Waals surface area contributed by atoms with Crippen LogP contribution < -0.4 is 11.1 Å². The second-order valence-corrected chi connectivity index (χ2v) is 4.95. The van der Waals surface area contributed by atoms with Gasteiger partial charge in [-0.25, -0.2) is 0 Å². The van der Waals surface area contributed by atoms with E-state index in [2.05, 4.69) is 21.2 Å². The molecule has 1 aromatic carbocycles. The van der Waals surface area contributed by atoms with Crippen molar-refractivity contribution < 1.29 is 9.53 Å². The highest BCUT2D eigenvalue weighted by Crippen LogP contribution is 2.24. The van der Waals surface area contributed by atoms with Crippen LogP contribution in [0.1, 0.15) is 25.0 Å². The van der Waals surface area contributed by atoms with Crippen LogP contribution in [0.4, 0.5) is 5.69 Å². The van der Waals surface area contributed by atoms with Crippen LogP contribution in [0.2, 0.25) is 0 Å². The number of halogens is 1. The molecule has 0 aliphatic heterocycles. The summed E-state index contributed by atoms with van der Waals surface area (Å²) < 4.78 is 5.95. The van der Waals surface area contributed by atoms with Crippen molar-refractivity contribution in [2.75, 3.05) is 12.3 Å². The number of carbonyl (C=O) groups is 1. The van der Waals surface area contributed by atoms with Crippen LogP contribution in [-0.2, 0) is 16.1 Å². The minimum Gasteiger partial charge on any atom is -0.465 e. The highest BCUT2D eigenvalue weighted by Gasteiger charge is 2.14. The van der Waals surface area contributed by atoms with Crippen molar-refractivity contribution in [2.45, 2.75) is 33.4 Å². The van der Waals surface area contributed by atoms with Crippen molar-refractivity contribution in [2.24, 2.45) is 0 Å². The molecule has 5 heteroatoms. The molecule has 0 spiro atoms. The van der Waals surface area contributed by atoms with Crippen molar-refractivity contribution in [3.8, 4) is 0 Å². The van der Waals surface area contributed by atoms with E-state index < -0.39 is 0 Å². The topological polar surface area (TPSA) is 64.3 Å². The van der Waals surface area contributed by atoms with Gasteiger partial charge in [-0.1, -0.05) is 15.9 Å². The molecule has 1 aromatic rings. The van der Waals surface area contributed by atoms with Crippen LogP contribution >= 0.6 is 15.9 Å². The fourth-order valence-corrected chi connectivity index (χ4v) is 1.96. The number of carbonyl (C=O) groups excluding carboxylic acids is 1. The van der Waals surface area contributed by atoms with Crippen molar-refractivity contribution in [1.82, 2.24) is 5.32 Å². The maximum absolute atomic E-state index is 11.5. The van der Waals surface area contributed by atoms with Crippen LogP contribution in [0.3, 0.4) is 0 Å². The quantitative estimate of drug-likeness (QED) is 0.647. The lowest BCUT2D eigenvalue weighted by atomic mass is 10.1. The molecule has 0 saturated carbocycles. The summed E-state index contributed by atoms with van der Waals surface area (Å²) in [6.45, 7) is 6.50. The van der Waals surface area contributed by atoms with Gasteiger partial charge in [-0.05, 0) is 44.0 Å². The van der Waals surface area contributed by atoms with Gasteiger partial charge in [-0.15, -0.1) is 0 Å². The first-order valence-corrected chi connectivity index (χ1v) is 6.70. The Morgan fingerprint density at radius 1 is 1.56 bits per heavy atom. The van der Waals surface area contributed by atoms with Crippen LogP contribution in [0, 0.1) is 6.92 Å². The summed E-state index contributed by atoms with van der Waals surface area (Å²) in [4.78, 5) is 11.5. The fraction of sp³-hybridized carbons (Fsp3) is 0.462. The zero-order chi connectivity index (χ0) is 13.7. The van der Waals surface area contributed by atoms with E-state index in [4.69, 9.17) is 10.5 Å². The van der Waals surface area contributed by atoms with E-state index in [0.29, 0.717) is 13.2 Å². The summed E-state index contributed by atoms with van der Waals surface area (Å²) in [6.07, 6.45) is 0. The monoisotopic (exact) mass is 314 g/mol. The third-order valence-electron chi connectivity index (χ3n) is 2.79. The lowest BCUT2D eigenvalue weighted by molar-refractivity contribution is -0.145. The Balaban J connectivity index is 2.69. The standard InChI is InChI=1S/C13H19BrN2O2/c1-4-18-13(17)9(3)16-7-10-8(2)11(14)5-6-12(10)15/h5-6,9,16H,4,7,15H2,1-3H3/t9-/m0/s1. The maximum atomic E-state index is 11.5. The van der Waals surface area contributed by atoms with Gasteiger partial charge < -0.3 is 15.8 Å². The van der Waals surface area contributed by atoms with Crippen LogP contribution in [0.5, 0.6) is 0 Å². The molecule has 100 valence electrons. The number of ether oxygens (including phenoxy) is 1. The zero-order valence-corrected chi connectivity index (χ0v) is 12.5. The van der Waals surface area contributed by atoms with Crippen molar-refractivity contribution in [1.29, 1.82) is 0 Å². The number of anilines is 1. The molecule has 0 heterocycles. The maximum Gasteiger partial charge on any atom is 0.322 e. The zero-order valence-electron chi connectivity index (χ0n) is 10.9. The number of nitrogens with one attached hydrogen (secondary N) is 1.